The van der Waals surface area contributed by atoms with Gasteiger partial charge in [-0.05, 0) is 63.7 Å². The third-order valence-electron chi connectivity index (χ3n) is 4.87. The SMILES string of the molecule is Cc1cc(B(O)OC(C)(C)C(C)(C)O)cc(C)c1OCc1ccccc1. The number of hydrogen-bond acceptors (Lipinski definition) is 4. The van der Waals surface area contributed by atoms with Gasteiger partial charge >= 0.3 is 7.12 Å². The van der Waals surface area contributed by atoms with Gasteiger partial charge in [0.25, 0.3) is 0 Å². The van der Waals surface area contributed by atoms with E-state index in [-0.39, 0.29) is 0 Å². The summed E-state index contributed by atoms with van der Waals surface area (Å²) in [5, 5.41) is 20.7. The number of ether oxygens (including phenoxy) is 1. The first-order valence-corrected chi connectivity index (χ1v) is 8.87. The average molecular weight is 356 g/mol. The molecule has 4 nitrogen and oxygen atoms in total. The predicted molar refractivity (Wildman–Crippen MR) is 106 cm³/mol. The van der Waals surface area contributed by atoms with Crippen molar-refractivity contribution in [1.29, 1.82) is 0 Å². The molecular formula is C21H29BO4. The maximum absolute atomic E-state index is 10.5. The Morgan fingerprint density at radius 2 is 1.50 bits per heavy atom. The first kappa shape index (κ1) is 20.5. The minimum Gasteiger partial charge on any atom is -0.488 e. The zero-order valence-corrected chi connectivity index (χ0v) is 16.5. The van der Waals surface area contributed by atoms with Crippen LogP contribution in [0, 0.1) is 13.8 Å². The van der Waals surface area contributed by atoms with E-state index in [0.717, 1.165) is 22.4 Å². The Morgan fingerprint density at radius 3 is 2.00 bits per heavy atom. The molecule has 0 aliphatic carbocycles. The second kappa shape index (κ2) is 7.83. The lowest BCUT2D eigenvalue weighted by atomic mass is 9.75. The summed E-state index contributed by atoms with van der Waals surface area (Å²) in [6.07, 6.45) is 0. The predicted octanol–water partition coefficient (Wildman–Crippen LogP) is 3.14. The van der Waals surface area contributed by atoms with Gasteiger partial charge in [0.1, 0.15) is 12.4 Å². The summed E-state index contributed by atoms with van der Waals surface area (Å²) in [4.78, 5) is 0. The molecule has 0 heterocycles. The van der Waals surface area contributed by atoms with Gasteiger partial charge in [0.05, 0.1) is 11.2 Å². The maximum atomic E-state index is 10.5. The largest absolute Gasteiger partial charge is 0.491 e. The van der Waals surface area contributed by atoms with Gasteiger partial charge in [0.2, 0.25) is 0 Å². The molecule has 2 N–H and O–H groups in total. The van der Waals surface area contributed by atoms with Crippen LogP contribution in [0.5, 0.6) is 5.75 Å². The third-order valence-corrected chi connectivity index (χ3v) is 4.87. The molecule has 0 saturated heterocycles. The van der Waals surface area contributed by atoms with Gasteiger partial charge in [0.15, 0.2) is 0 Å². The van der Waals surface area contributed by atoms with E-state index in [1.54, 1.807) is 27.7 Å². The van der Waals surface area contributed by atoms with E-state index >= 15 is 0 Å². The number of aliphatic hydroxyl groups is 1. The Kier molecular flexibility index (Phi) is 6.17. The fourth-order valence-corrected chi connectivity index (χ4v) is 2.58. The molecule has 0 radical (unpaired) electrons. The van der Waals surface area contributed by atoms with Gasteiger partial charge in [-0.25, -0.2) is 0 Å². The fourth-order valence-electron chi connectivity index (χ4n) is 2.58. The topological polar surface area (TPSA) is 58.9 Å². The van der Waals surface area contributed by atoms with Crippen molar-refractivity contribution in [2.75, 3.05) is 0 Å². The quantitative estimate of drug-likeness (QED) is 0.749. The van der Waals surface area contributed by atoms with E-state index in [1.165, 1.54) is 0 Å². The van der Waals surface area contributed by atoms with Gasteiger partial charge in [0, 0.05) is 0 Å². The maximum Gasteiger partial charge on any atom is 0.491 e. The van der Waals surface area contributed by atoms with Crippen molar-refractivity contribution in [3.8, 4) is 5.75 Å². The lowest BCUT2D eigenvalue weighted by molar-refractivity contribution is -0.0982. The molecule has 0 saturated carbocycles. The summed E-state index contributed by atoms with van der Waals surface area (Å²) in [6.45, 7) is 11.2. The summed E-state index contributed by atoms with van der Waals surface area (Å²) in [5.41, 5.74) is 1.61. The van der Waals surface area contributed by atoms with E-state index in [2.05, 4.69) is 0 Å². The summed E-state index contributed by atoms with van der Waals surface area (Å²) in [5.74, 6) is 0.812. The van der Waals surface area contributed by atoms with E-state index in [9.17, 15) is 10.1 Å². The van der Waals surface area contributed by atoms with Crippen LogP contribution in [0.15, 0.2) is 42.5 Å². The van der Waals surface area contributed by atoms with Crippen molar-refractivity contribution in [3.05, 3.63) is 59.2 Å². The second-order valence-electron chi connectivity index (χ2n) is 7.80. The molecule has 0 aliphatic rings. The van der Waals surface area contributed by atoms with Crippen LogP contribution in [-0.4, -0.2) is 28.5 Å². The lowest BCUT2D eigenvalue weighted by Gasteiger charge is -2.38. The van der Waals surface area contributed by atoms with Crippen LogP contribution in [-0.2, 0) is 11.3 Å². The summed E-state index contributed by atoms with van der Waals surface area (Å²) >= 11 is 0. The highest BCUT2D eigenvalue weighted by Gasteiger charge is 2.39. The molecule has 0 aliphatic heterocycles. The molecule has 2 rings (SSSR count). The van der Waals surface area contributed by atoms with Crippen LogP contribution < -0.4 is 10.2 Å². The molecule has 0 bridgehead atoms. The summed E-state index contributed by atoms with van der Waals surface area (Å²) in [6, 6.07) is 13.7. The molecule has 26 heavy (non-hydrogen) atoms. The Balaban J connectivity index is 2.15. The van der Waals surface area contributed by atoms with Crippen LogP contribution in [0.4, 0.5) is 0 Å². The molecule has 140 valence electrons. The van der Waals surface area contributed by atoms with Crippen LogP contribution >= 0.6 is 0 Å². The first-order chi connectivity index (χ1) is 12.0. The zero-order chi connectivity index (χ0) is 19.5. The molecule has 0 amide bonds. The second-order valence-corrected chi connectivity index (χ2v) is 7.80. The molecule has 0 unspecified atom stereocenters. The Morgan fingerprint density at radius 1 is 0.962 bits per heavy atom. The van der Waals surface area contributed by atoms with E-state index in [0.29, 0.717) is 12.1 Å². The molecule has 5 heteroatoms. The molecule has 0 aromatic heterocycles. The smallest absolute Gasteiger partial charge is 0.488 e. The van der Waals surface area contributed by atoms with Crippen LogP contribution in [0.3, 0.4) is 0 Å². The van der Waals surface area contributed by atoms with Crippen molar-refractivity contribution in [2.24, 2.45) is 0 Å². The van der Waals surface area contributed by atoms with Gasteiger partial charge in [-0.3, -0.25) is 0 Å². The van der Waals surface area contributed by atoms with Crippen LogP contribution in [0.2, 0.25) is 0 Å². The van der Waals surface area contributed by atoms with Crippen molar-refractivity contribution < 1.29 is 19.5 Å². The van der Waals surface area contributed by atoms with Crippen molar-refractivity contribution in [2.45, 2.75) is 59.4 Å². The number of aryl methyl sites for hydroxylation is 2. The number of rotatable bonds is 7. The normalized spacial score (nSPS) is 12.2. The molecule has 2 aromatic carbocycles. The van der Waals surface area contributed by atoms with Crippen molar-refractivity contribution in [3.63, 3.8) is 0 Å². The van der Waals surface area contributed by atoms with Crippen molar-refractivity contribution >= 4 is 12.6 Å². The van der Waals surface area contributed by atoms with E-state index < -0.39 is 18.3 Å². The fraction of sp³-hybridized carbons (Fsp3) is 0.429. The summed E-state index contributed by atoms with van der Waals surface area (Å²) in [7, 11) is -1.13. The van der Waals surface area contributed by atoms with Gasteiger partial charge in [-0.15, -0.1) is 0 Å². The van der Waals surface area contributed by atoms with Gasteiger partial charge in [-0.2, -0.15) is 0 Å². The summed E-state index contributed by atoms with van der Waals surface area (Å²) < 4.78 is 11.7. The molecule has 0 fully saturated rings. The van der Waals surface area contributed by atoms with Crippen LogP contribution in [0.1, 0.15) is 44.4 Å². The first-order valence-electron chi connectivity index (χ1n) is 8.87. The Labute approximate surface area is 156 Å². The Bertz CT molecular complexity index is 712. The highest BCUT2D eigenvalue weighted by atomic mass is 16.5. The number of benzene rings is 2. The molecule has 0 spiro atoms. The highest BCUT2D eigenvalue weighted by Crippen LogP contribution is 2.27. The highest BCUT2D eigenvalue weighted by molar-refractivity contribution is 6.60. The average Bonchev–Trinajstić information content (AvgIpc) is 2.53. The van der Waals surface area contributed by atoms with Crippen molar-refractivity contribution in [1.82, 2.24) is 0 Å². The standard InChI is InChI=1S/C21H29BO4/c1-15-12-18(22(24)26-21(5,6)20(3,4)23)13-16(2)19(15)25-14-17-10-8-7-9-11-17/h7-13,23-24H,14H2,1-6H3. The van der Waals surface area contributed by atoms with E-state index in [1.807, 2.05) is 56.3 Å². The van der Waals surface area contributed by atoms with Crippen LogP contribution in [0.25, 0.3) is 0 Å². The lowest BCUT2D eigenvalue weighted by Crippen LogP contribution is -2.53. The van der Waals surface area contributed by atoms with Gasteiger partial charge in [-0.1, -0.05) is 42.5 Å². The monoisotopic (exact) mass is 356 g/mol. The zero-order valence-electron chi connectivity index (χ0n) is 16.5. The molecule has 0 atom stereocenters. The van der Waals surface area contributed by atoms with E-state index in [4.69, 9.17) is 9.39 Å². The molecular weight excluding hydrogens is 327 g/mol. The minimum absolute atomic E-state index is 0.493. The minimum atomic E-state index is -1.13. The van der Waals surface area contributed by atoms with Gasteiger partial charge < -0.3 is 19.5 Å². The molecule has 2 aromatic rings. The Hall–Kier alpha value is -1.82. The number of hydrogen-bond donors (Lipinski definition) is 2. The third kappa shape index (κ3) is 4.88.